The zero-order valence-corrected chi connectivity index (χ0v) is 14.3. The molecule has 2 amide bonds. The molecule has 0 saturated carbocycles. The highest BCUT2D eigenvalue weighted by Crippen LogP contribution is 2.23. The molecule has 2 atom stereocenters. The van der Waals surface area contributed by atoms with Gasteiger partial charge in [0.15, 0.2) is 0 Å². The van der Waals surface area contributed by atoms with Gasteiger partial charge in [0.05, 0.1) is 0 Å². The molecule has 1 heterocycles. The number of anilines is 1. The lowest BCUT2D eigenvalue weighted by atomic mass is 9.85. The smallest absolute Gasteiger partial charge is 0.251 e. The molecule has 0 bridgehead atoms. The molecule has 0 aromatic heterocycles. The second-order valence-corrected chi connectivity index (χ2v) is 6.41. The van der Waals surface area contributed by atoms with Gasteiger partial charge in [-0.3, -0.25) is 9.59 Å². The maximum Gasteiger partial charge on any atom is 0.251 e. The van der Waals surface area contributed by atoms with Crippen LogP contribution in [0.5, 0.6) is 0 Å². The van der Waals surface area contributed by atoms with E-state index in [1.807, 2.05) is 0 Å². The van der Waals surface area contributed by atoms with E-state index in [0.717, 1.165) is 13.1 Å². The lowest BCUT2D eigenvalue weighted by Gasteiger charge is -2.28. The topological polar surface area (TPSA) is 70.2 Å². The Morgan fingerprint density at radius 3 is 2.75 bits per heavy atom. The predicted octanol–water partition coefficient (Wildman–Crippen LogP) is 2.57. The first-order valence-corrected chi connectivity index (χ1v) is 8.60. The molecule has 1 saturated heterocycles. The summed E-state index contributed by atoms with van der Waals surface area (Å²) >= 11 is 0. The fourth-order valence-corrected chi connectivity index (χ4v) is 3.01. The third-order valence-corrected chi connectivity index (χ3v) is 4.48. The van der Waals surface area contributed by atoms with E-state index < -0.39 is 0 Å². The Morgan fingerprint density at radius 2 is 2.12 bits per heavy atom. The van der Waals surface area contributed by atoms with Gasteiger partial charge in [0.25, 0.3) is 5.91 Å². The van der Waals surface area contributed by atoms with E-state index in [9.17, 15) is 9.59 Å². The molecular formula is C19H27N3O2. The number of hydrogen-bond donors (Lipinski definition) is 3. The zero-order chi connectivity index (χ0) is 17.4. The van der Waals surface area contributed by atoms with Crippen molar-refractivity contribution in [2.45, 2.75) is 26.2 Å². The normalized spacial score (nSPS) is 18.5. The molecule has 1 aromatic carbocycles. The Hall–Kier alpha value is -2.14. The minimum absolute atomic E-state index is 0.0249. The van der Waals surface area contributed by atoms with Crippen LogP contribution in [-0.2, 0) is 4.79 Å². The van der Waals surface area contributed by atoms with E-state index in [4.69, 9.17) is 0 Å². The molecule has 1 aliphatic heterocycles. The van der Waals surface area contributed by atoms with Gasteiger partial charge in [-0.05, 0) is 62.0 Å². The molecule has 130 valence electrons. The SMILES string of the molecule is C=CCNC(=O)c1ccc(NC(=O)CC(C)C2CCCNC2)cc1. The highest BCUT2D eigenvalue weighted by Gasteiger charge is 2.22. The first-order valence-electron chi connectivity index (χ1n) is 8.60. The summed E-state index contributed by atoms with van der Waals surface area (Å²) in [5, 5.41) is 9.03. The minimum atomic E-state index is -0.147. The maximum absolute atomic E-state index is 12.2. The van der Waals surface area contributed by atoms with E-state index in [1.54, 1.807) is 30.3 Å². The van der Waals surface area contributed by atoms with Gasteiger partial charge >= 0.3 is 0 Å². The Labute approximate surface area is 143 Å². The van der Waals surface area contributed by atoms with Gasteiger partial charge < -0.3 is 16.0 Å². The molecule has 1 fully saturated rings. The molecule has 0 radical (unpaired) electrons. The van der Waals surface area contributed by atoms with Gasteiger partial charge in [-0.15, -0.1) is 6.58 Å². The van der Waals surface area contributed by atoms with Crippen LogP contribution < -0.4 is 16.0 Å². The third kappa shape index (κ3) is 5.49. The number of carbonyl (C=O) groups excluding carboxylic acids is 2. The van der Waals surface area contributed by atoms with E-state index in [0.29, 0.717) is 36.1 Å². The van der Waals surface area contributed by atoms with Crippen molar-refractivity contribution in [3.05, 3.63) is 42.5 Å². The fraction of sp³-hybridized carbons (Fsp3) is 0.474. The predicted molar refractivity (Wildman–Crippen MR) is 97.0 cm³/mol. The highest BCUT2D eigenvalue weighted by atomic mass is 16.2. The van der Waals surface area contributed by atoms with E-state index in [2.05, 4.69) is 29.5 Å². The van der Waals surface area contributed by atoms with Crippen molar-refractivity contribution in [3.63, 3.8) is 0 Å². The van der Waals surface area contributed by atoms with E-state index in [-0.39, 0.29) is 11.8 Å². The second-order valence-electron chi connectivity index (χ2n) is 6.41. The van der Waals surface area contributed by atoms with Gasteiger partial charge in [-0.25, -0.2) is 0 Å². The Kier molecular flexibility index (Phi) is 7.00. The average Bonchev–Trinajstić information content (AvgIpc) is 2.61. The quantitative estimate of drug-likeness (QED) is 0.673. The number of nitrogens with one attached hydrogen (secondary N) is 3. The molecular weight excluding hydrogens is 302 g/mol. The van der Waals surface area contributed by atoms with E-state index >= 15 is 0 Å². The van der Waals surface area contributed by atoms with Gasteiger partial charge in [0.2, 0.25) is 5.91 Å². The summed E-state index contributed by atoms with van der Waals surface area (Å²) in [7, 11) is 0. The summed E-state index contributed by atoms with van der Waals surface area (Å²) in [6.45, 7) is 8.23. The highest BCUT2D eigenvalue weighted by molar-refractivity contribution is 5.95. The van der Waals surface area contributed by atoms with Crippen molar-refractivity contribution in [1.29, 1.82) is 0 Å². The monoisotopic (exact) mass is 329 g/mol. The minimum Gasteiger partial charge on any atom is -0.349 e. The molecule has 5 nitrogen and oxygen atoms in total. The van der Waals surface area contributed by atoms with Gasteiger partial charge in [0.1, 0.15) is 0 Å². The summed E-state index contributed by atoms with van der Waals surface area (Å²) in [5.41, 5.74) is 1.28. The van der Waals surface area contributed by atoms with Gasteiger partial charge in [0, 0.05) is 24.2 Å². The lowest BCUT2D eigenvalue weighted by Crippen LogP contribution is -2.34. The standard InChI is InChI=1S/C19H27N3O2/c1-3-10-21-19(24)15-6-8-17(9-7-15)22-18(23)12-14(2)16-5-4-11-20-13-16/h3,6-9,14,16,20H,1,4-5,10-13H2,2H3,(H,21,24)(H,22,23). The van der Waals surface area contributed by atoms with Gasteiger partial charge in [-0.2, -0.15) is 0 Å². The average molecular weight is 329 g/mol. The van der Waals surface area contributed by atoms with Crippen molar-refractivity contribution < 1.29 is 9.59 Å². The van der Waals surface area contributed by atoms with Crippen LogP contribution in [0.15, 0.2) is 36.9 Å². The molecule has 2 unspecified atom stereocenters. The van der Waals surface area contributed by atoms with Crippen molar-refractivity contribution in [1.82, 2.24) is 10.6 Å². The molecule has 0 aliphatic carbocycles. The van der Waals surface area contributed by atoms with Crippen LogP contribution in [0.1, 0.15) is 36.5 Å². The Morgan fingerprint density at radius 1 is 1.38 bits per heavy atom. The van der Waals surface area contributed by atoms with E-state index in [1.165, 1.54) is 12.8 Å². The summed E-state index contributed by atoms with van der Waals surface area (Å²) in [5.74, 6) is 0.810. The van der Waals surface area contributed by atoms with Crippen molar-refractivity contribution in [2.75, 3.05) is 25.0 Å². The number of piperidine rings is 1. The van der Waals surface area contributed by atoms with Gasteiger partial charge in [-0.1, -0.05) is 13.0 Å². The molecule has 5 heteroatoms. The summed E-state index contributed by atoms with van der Waals surface area (Å²) in [6, 6.07) is 6.94. The second kappa shape index (κ2) is 9.23. The summed E-state index contributed by atoms with van der Waals surface area (Å²) in [6.07, 6.45) is 4.53. The van der Waals surface area contributed by atoms with Crippen molar-refractivity contribution in [3.8, 4) is 0 Å². The Balaban J connectivity index is 1.82. The number of benzene rings is 1. The maximum atomic E-state index is 12.2. The Bertz CT molecular complexity index is 562. The van der Waals surface area contributed by atoms with Crippen LogP contribution in [0.3, 0.4) is 0 Å². The molecule has 1 aromatic rings. The number of rotatable bonds is 7. The van der Waals surface area contributed by atoms with Crippen LogP contribution in [0.4, 0.5) is 5.69 Å². The van der Waals surface area contributed by atoms with Crippen molar-refractivity contribution >= 4 is 17.5 Å². The fourth-order valence-electron chi connectivity index (χ4n) is 3.01. The van der Waals surface area contributed by atoms with Crippen LogP contribution in [0, 0.1) is 11.8 Å². The number of carbonyl (C=O) groups is 2. The first-order chi connectivity index (χ1) is 11.6. The number of amides is 2. The summed E-state index contributed by atoms with van der Waals surface area (Å²) < 4.78 is 0. The molecule has 3 N–H and O–H groups in total. The largest absolute Gasteiger partial charge is 0.349 e. The zero-order valence-electron chi connectivity index (χ0n) is 14.3. The van der Waals surface area contributed by atoms with Crippen LogP contribution >= 0.6 is 0 Å². The van der Waals surface area contributed by atoms with Crippen LogP contribution in [-0.4, -0.2) is 31.4 Å². The van der Waals surface area contributed by atoms with Crippen LogP contribution in [0.25, 0.3) is 0 Å². The van der Waals surface area contributed by atoms with Crippen molar-refractivity contribution in [2.24, 2.45) is 11.8 Å². The molecule has 24 heavy (non-hydrogen) atoms. The molecule has 1 aliphatic rings. The summed E-state index contributed by atoms with van der Waals surface area (Å²) in [4.78, 5) is 24.0. The third-order valence-electron chi connectivity index (χ3n) is 4.48. The molecule has 0 spiro atoms. The number of hydrogen-bond acceptors (Lipinski definition) is 3. The first kappa shape index (κ1) is 18.2. The van der Waals surface area contributed by atoms with Crippen LogP contribution in [0.2, 0.25) is 0 Å². The lowest BCUT2D eigenvalue weighted by molar-refractivity contribution is -0.117. The molecule has 2 rings (SSSR count).